The van der Waals surface area contributed by atoms with Gasteiger partial charge in [-0.3, -0.25) is 8.37 Å². The number of aryl methyl sites for hydroxylation is 4. The van der Waals surface area contributed by atoms with Gasteiger partial charge in [0.15, 0.2) is 5.79 Å². The molecule has 10 heteroatoms. The SMILES string of the molecule is Cc1ccc(S(=O)(=O)O[C@H](CCCc2ccccc2)[C@@H]2OC(C)(C)O[C@H]2[C@@H](CCCc2ccccc2)OS(=O)(=O)c2ccc(C)cc2)cc1. The average molecular weight is 707 g/mol. The number of ether oxygens (including phenoxy) is 2. The lowest BCUT2D eigenvalue weighted by Gasteiger charge is -2.30. The van der Waals surface area contributed by atoms with Gasteiger partial charge in [0.05, 0.1) is 9.79 Å². The van der Waals surface area contributed by atoms with Gasteiger partial charge in [-0.05, 0) is 102 Å². The molecule has 4 atom stereocenters. The third-order valence-electron chi connectivity index (χ3n) is 8.61. The molecular formula is C39H46O8S2. The van der Waals surface area contributed by atoms with Gasteiger partial charge in [0, 0.05) is 0 Å². The van der Waals surface area contributed by atoms with Crippen molar-refractivity contribution in [1.29, 1.82) is 0 Å². The summed E-state index contributed by atoms with van der Waals surface area (Å²) in [5, 5.41) is 0. The fourth-order valence-corrected chi connectivity index (χ4v) is 8.30. The second-order valence-electron chi connectivity index (χ2n) is 13.1. The lowest BCUT2D eigenvalue weighted by atomic mass is 9.95. The lowest BCUT2D eigenvalue weighted by Crippen LogP contribution is -2.46. The smallest absolute Gasteiger partial charge is 0.297 e. The van der Waals surface area contributed by atoms with Crippen molar-refractivity contribution in [1.82, 2.24) is 0 Å². The van der Waals surface area contributed by atoms with Gasteiger partial charge < -0.3 is 9.47 Å². The van der Waals surface area contributed by atoms with Crippen LogP contribution in [0.2, 0.25) is 0 Å². The summed E-state index contributed by atoms with van der Waals surface area (Å²) < 4.78 is 79.7. The van der Waals surface area contributed by atoms with Gasteiger partial charge >= 0.3 is 0 Å². The predicted octanol–water partition coefficient (Wildman–Crippen LogP) is 7.72. The van der Waals surface area contributed by atoms with E-state index in [2.05, 4.69) is 0 Å². The maximum Gasteiger partial charge on any atom is 0.297 e. The Bertz CT molecular complexity index is 1710. The van der Waals surface area contributed by atoms with Crippen LogP contribution in [0.4, 0.5) is 0 Å². The van der Waals surface area contributed by atoms with Crippen LogP contribution < -0.4 is 0 Å². The molecule has 1 aliphatic rings. The molecule has 0 unspecified atom stereocenters. The van der Waals surface area contributed by atoms with E-state index in [9.17, 15) is 16.8 Å². The Hall–Kier alpha value is -3.38. The zero-order valence-corrected chi connectivity index (χ0v) is 30.2. The van der Waals surface area contributed by atoms with Gasteiger partial charge in [0.1, 0.15) is 24.4 Å². The van der Waals surface area contributed by atoms with Crippen molar-refractivity contribution in [2.24, 2.45) is 0 Å². The van der Waals surface area contributed by atoms with E-state index < -0.39 is 50.4 Å². The van der Waals surface area contributed by atoms with Gasteiger partial charge in [-0.15, -0.1) is 0 Å². The fourth-order valence-electron chi connectivity index (χ4n) is 6.08. The van der Waals surface area contributed by atoms with Crippen molar-refractivity contribution in [3.05, 3.63) is 131 Å². The molecule has 262 valence electrons. The van der Waals surface area contributed by atoms with Crippen molar-refractivity contribution in [3.8, 4) is 0 Å². The van der Waals surface area contributed by atoms with E-state index in [0.717, 1.165) is 22.3 Å². The summed E-state index contributed by atoms with van der Waals surface area (Å²) in [6.07, 6.45) is -0.741. The highest BCUT2D eigenvalue weighted by Crippen LogP contribution is 2.38. The molecule has 4 aromatic rings. The van der Waals surface area contributed by atoms with Crippen molar-refractivity contribution >= 4 is 20.2 Å². The van der Waals surface area contributed by atoms with E-state index in [1.54, 1.807) is 38.1 Å². The van der Waals surface area contributed by atoms with Crippen LogP contribution in [0.1, 0.15) is 61.8 Å². The maximum atomic E-state index is 13.7. The molecule has 0 aromatic heterocycles. The normalized spacial score (nSPS) is 19.0. The number of hydrogen-bond acceptors (Lipinski definition) is 8. The van der Waals surface area contributed by atoms with E-state index in [-0.39, 0.29) is 9.79 Å². The first-order valence-corrected chi connectivity index (χ1v) is 19.6. The third-order valence-corrected chi connectivity index (χ3v) is 11.3. The van der Waals surface area contributed by atoms with Gasteiger partial charge in [0.25, 0.3) is 20.2 Å². The van der Waals surface area contributed by atoms with Crippen LogP contribution in [0.5, 0.6) is 0 Å². The highest BCUT2D eigenvalue weighted by Gasteiger charge is 2.51. The van der Waals surface area contributed by atoms with Crippen molar-refractivity contribution < 1.29 is 34.7 Å². The van der Waals surface area contributed by atoms with Crippen LogP contribution in [0.15, 0.2) is 119 Å². The predicted molar refractivity (Wildman–Crippen MR) is 189 cm³/mol. The Morgan fingerprint density at radius 1 is 0.571 bits per heavy atom. The number of hydrogen-bond donors (Lipinski definition) is 0. The van der Waals surface area contributed by atoms with Crippen LogP contribution in [0.3, 0.4) is 0 Å². The van der Waals surface area contributed by atoms with E-state index >= 15 is 0 Å². The summed E-state index contributed by atoms with van der Waals surface area (Å²) >= 11 is 0. The Labute approximate surface area is 291 Å². The summed E-state index contributed by atoms with van der Waals surface area (Å²) in [4.78, 5) is 0.0528. The number of rotatable bonds is 16. The van der Waals surface area contributed by atoms with Gasteiger partial charge in [-0.25, -0.2) is 0 Å². The first-order valence-electron chi connectivity index (χ1n) is 16.7. The van der Waals surface area contributed by atoms with Crippen molar-refractivity contribution in [3.63, 3.8) is 0 Å². The Kier molecular flexibility index (Phi) is 12.1. The minimum atomic E-state index is -4.22. The van der Waals surface area contributed by atoms with Crippen LogP contribution in [0.25, 0.3) is 0 Å². The van der Waals surface area contributed by atoms with Gasteiger partial charge in [-0.2, -0.15) is 16.8 Å². The maximum absolute atomic E-state index is 13.7. The summed E-state index contributed by atoms with van der Waals surface area (Å²) in [6, 6.07) is 32.8. The zero-order chi connectivity index (χ0) is 35.1. The molecule has 1 aliphatic heterocycles. The first kappa shape index (κ1) is 36.9. The van der Waals surface area contributed by atoms with Gasteiger partial charge in [-0.1, -0.05) is 96.1 Å². The minimum Gasteiger partial charge on any atom is -0.342 e. The minimum absolute atomic E-state index is 0.0264. The average Bonchev–Trinajstić information content (AvgIpc) is 3.40. The molecule has 0 N–H and O–H groups in total. The molecule has 0 bridgehead atoms. The highest BCUT2D eigenvalue weighted by atomic mass is 32.2. The zero-order valence-electron chi connectivity index (χ0n) is 28.5. The molecule has 0 saturated carbocycles. The van der Waals surface area contributed by atoms with Crippen LogP contribution in [0, 0.1) is 13.8 Å². The molecule has 0 spiro atoms. The van der Waals surface area contributed by atoms with E-state index in [1.807, 2.05) is 74.5 Å². The fraction of sp³-hybridized carbons (Fsp3) is 0.385. The molecule has 1 saturated heterocycles. The molecule has 49 heavy (non-hydrogen) atoms. The Morgan fingerprint density at radius 3 is 1.27 bits per heavy atom. The molecule has 4 aromatic carbocycles. The summed E-state index contributed by atoms with van der Waals surface area (Å²) in [6.45, 7) is 7.21. The van der Waals surface area contributed by atoms with Crippen LogP contribution >= 0.6 is 0 Å². The Balaban J connectivity index is 1.47. The molecule has 0 amide bonds. The van der Waals surface area contributed by atoms with E-state index in [4.69, 9.17) is 17.8 Å². The molecule has 0 aliphatic carbocycles. The molecular weight excluding hydrogens is 661 g/mol. The molecule has 8 nitrogen and oxygen atoms in total. The third kappa shape index (κ3) is 10.3. The Morgan fingerprint density at radius 2 is 0.918 bits per heavy atom. The van der Waals surface area contributed by atoms with Crippen LogP contribution in [-0.4, -0.2) is 47.0 Å². The monoisotopic (exact) mass is 706 g/mol. The van der Waals surface area contributed by atoms with E-state index in [0.29, 0.717) is 38.5 Å². The summed E-state index contributed by atoms with van der Waals surface area (Å²) in [5.41, 5.74) is 4.04. The summed E-state index contributed by atoms with van der Waals surface area (Å²) in [7, 11) is -8.45. The second-order valence-corrected chi connectivity index (χ2v) is 16.3. The standard InChI is InChI=1S/C39H46O8S2/c1-29-21-25-33(26-22-29)48(40,41)46-35(19-11-17-31-13-7-5-8-14-31)37-38(45-39(3,4)44-37)36(20-12-18-32-15-9-6-10-16-32)47-49(42,43)34-27-23-30(2)24-28-34/h5-10,13-16,21-28,35-38H,11-12,17-20H2,1-4H3/t35-,36-,37+,38+/m1/s1. The molecule has 1 heterocycles. The second kappa shape index (κ2) is 16.1. The van der Waals surface area contributed by atoms with Crippen molar-refractivity contribution in [2.45, 2.75) is 106 Å². The summed E-state index contributed by atoms with van der Waals surface area (Å²) in [5.74, 6) is -1.17. The number of benzene rings is 4. The largest absolute Gasteiger partial charge is 0.342 e. The first-order chi connectivity index (χ1) is 23.3. The van der Waals surface area contributed by atoms with Crippen LogP contribution in [-0.2, 0) is 50.9 Å². The lowest BCUT2D eigenvalue weighted by molar-refractivity contribution is -0.158. The van der Waals surface area contributed by atoms with E-state index in [1.165, 1.54) is 24.3 Å². The quantitative estimate of drug-likeness (QED) is 0.109. The van der Waals surface area contributed by atoms with Crippen molar-refractivity contribution in [2.75, 3.05) is 0 Å². The van der Waals surface area contributed by atoms with Gasteiger partial charge in [0.2, 0.25) is 0 Å². The highest BCUT2D eigenvalue weighted by molar-refractivity contribution is 7.87. The molecule has 0 radical (unpaired) electrons. The molecule has 1 fully saturated rings. The molecule has 5 rings (SSSR count). The topological polar surface area (TPSA) is 105 Å².